The van der Waals surface area contributed by atoms with Gasteiger partial charge in [-0.05, 0) is 24.3 Å². The number of benzene rings is 1. The molecule has 2 rings (SSSR count). The van der Waals surface area contributed by atoms with E-state index in [1.807, 2.05) is 0 Å². The third-order valence-electron chi connectivity index (χ3n) is 2.32. The van der Waals surface area contributed by atoms with Crippen molar-refractivity contribution in [2.24, 2.45) is 0 Å². The Morgan fingerprint density at radius 3 is 2.18 bits per heavy atom. The first-order valence-corrected chi connectivity index (χ1v) is 4.86. The Bertz CT molecular complexity index is 518. The summed E-state index contributed by atoms with van der Waals surface area (Å²) in [5, 5.41) is 0. The Balaban J connectivity index is 2.40. The van der Waals surface area contributed by atoms with Crippen LogP contribution in [0.25, 0.3) is 11.3 Å². The monoisotopic (exact) mass is 238 g/mol. The Hall–Kier alpha value is -2.04. The van der Waals surface area contributed by atoms with Crippen LogP contribution in [-0.4, -0.2) is 4.98 Å². The number of rotatable bonds is 1. The number of hydrogen-bond acceptors (Lipinski definition) is 2. The minimum atomic E-state index is -4.33. The lowest BCUT2D eigenvalue weighted by Gasteiger charge is -2.08. The molecule has 0 aliphatic carbocycles. The Labute approximate surface area is 95.9 Å². The van der Waals surface area contributed by atoms with Crippen LogP contribution in [0.4, 0.5) is 18.9 Å². The third-order valence-corrected chi connectivity index (χ3v) is 2.32. The molecule has 0 aliphatic rings. The van der Waals surface area contributed by atoms with E-state index >= 15 is 0 Å². The zero-order valence-corrected chi connectivity index (χ0v) is 8.70. The molecule has 0 saturated heterocycles. The fourth-order valence-corrected chi connectivity index (χ4v) is 1.48. The van der Waals surface area contributed by atoms with Gasteiger partial charge >= 0.3 is 6.18 Å². The molecule has 1 aromatic carbocycles. The molecule has 0 amide bonds. The van der Waals surface area contributed by atoms with Gasteiger partial charge in [-0.3, -0.25) is 4.98 Å². The van der Waals surface area contributed by atoms with Crippen molar-refractivity contribution >= 4 is 5.69 Å². The molecule has 0 unspecified atom stereocenters. The number of anilines is 1. The van der Waals surface area contributed by atoms with Crippen LogP contribution in [0.15, 0.2) is 42.6 Å². The van der Waals surface area contributed by atoms with Crippen molar-refractivity contribution in [3.8, 4) is 11.3 Å². The number of halogens is 3. The summed E-state index contributed by atoms with van der Waals surface area (Å²) < 4.78 is 37.1. The van der Waals surface area contributed by atoms with Crippen molar-refractivity contribution in [2.45, 2.75) is 6.18 Å². The second-order valence-electron chi connectivity index (χ2n) is 3.52. The lowest BCUT2D eigenvalue weighted by molar-refractivity contribution is -0.137. The molecule has 0 spiro atoms. The fraction of sp³-hybridized carbons (Fsp3) is 0.0833. The lowest BCUT2D eigenvalue weighted by Crippen LogP contribution is -2.04. The Kier molecular flexibility index (Phi) is 2.75. The molecule has 0 fully saturated rings. The second-order valence-corrected chi connectivity index (χ2v) is 3.52. The highest BCUT2D eigenvalue weighted by Gasteiger charge is 2.30. The van der Waals surface area contributed by atoms with Crippen LogP contribution in [0.2, 0.25) is 0 Å². The predicted octanol–water partition coefficient (Wildman–Crippen LogP) is 3.35. The van der Waals surface area contributed by atoms with E-state index in [-0.39, 0.29) is 0 Å². The molecule has 0 radical (unpaired) electrons. The number of pyridine rings is 1. The molecule has 0 saturated carbocycles. The number of nitrogens with zero attached hydrogens (tertiary/aromatic N) is 1. The summed E-state index contributed by atoms with van der Waals surface area (Å²) >= 11 is 0. The van der Waals surface area contributed by atoms with Crippen molar-refractivity contribution in [3.63, 3.8) is 0 Å². The van der Waals surface area contributed by atoms with Crippen LogP contribution < -0.4 is 5.73 Å². The average molecular weight is 238 g/mol. The van der Waals surface area contributed by atoms with E-state index in [2.05, 4.69) is 4.98 Å². The standard InChI is InChI=1S/C12H9F3N2/c13-12(14,15)9-5-3-8(4-6-9)11-10(16)2-1-7-17-11/h1-7H,16H2. The molecule has 88 valence electrons. The third kappa shape index (κ3) is 2.38. The number of nitrogens with two attached hydrogens (primary N) is 1. The summed E-state index contributed by atoms with van der Waals surface area (Å²) in [5.74, 6) is 0. The van der Waals surface area contributed by atoms with Crippen molar-refractivity contribution in [1.29, 1.82) is 0 Å². The first kappa shape index (κ1) is 11.4. The van der Waals surface area contributed by atoms with E-state index in [4.69, 9.17) is 5.73 Å². The number of aromatic nitrogens is 1. The first-order chi connectivity index (χ1) is 7.98. The topological polar surface area (TPSA) is 38.9 Å². The second kappa shape index (κ2) is 4.08. The van der Waals surface area contributed by atoms with Gasteiger partial charge in [-0.1, -0.05) is 12.1 Å². The van der Waals surface area contributed by atoms with Gasteiger partial charge in [0.2, 0.25) is 0 Å². The van der Waals surface area contributed by atoms with Crippen molar-refractivity contribution < 1.29 is 13.2 Å². The molecule has 17 heavy (non-hydrogen) atoms. The molecule has 1 heterocycles. The molecule has 2 N–H and O–H groups in total. The van der Waals surface area contributed by atoms with Crippen LogP contribution in [0.1, 0.15) is 5.56 Å². The van der Waals surface area contributed by atoms with Crippen LogP contribution in [0.3, 0.4) is 0 Å². The number of nitrogen functional groups attached to an aromatic ring is 1. The van der Waals surface area contributed by atoms with Crippen LogP contribution in [0, 0.1) is 0 Å². The smallest absolute Gasteiger partial charge is 0.397 e. The maximum absolute atomic E-state index is 12.4. The summed E-state index contributed by atoms with van der Waals surface area (Å²) in [6.07, 6.45) is -2.78. The summed E-state index contributed by atoms with van der Waals surface area (Å²) in [4.78, 5) is 4.03. The van der Waals surface area contributed by atoms with Crippen molar-refractivity contribution in [3.05, 3.63) is 48.2 Å². The average Bonchev–Trinajstić information content (AvgIpc) is 2.29. The lowest BCUT2D eigenvalue weighted by atomic mass is 10.1. The maximum Gasteiger partial charge on any atom is 0.416 e. The van der Waals surface area contributed by atoms with Gasteiger partial charge < -0.3 is 5.73 Å². The largest absolute Gasteiger partial charge is 0.416 e. The fourth-order valence-electron chi connectivity index (χ4n) is 1.48. The molecule has 2 nitrogen and oxygen atoms in total. The molecular formula is C12H9F3N2. The quantitative estimate of drug-likeness (QED) is 0.827. The molecule has 0 atom stereocenters. The highest BCUT2D eigenvalue weighted by molar-refractivity contribution is 5.72. The van der Waals surface area contributed by atoms with Gasteiger partial charge in [0, 0.05) is 11.8 Å². The maximum atomic E-state index is 12.4. The van der Waals surface area contributed by atoms with E-state index in [1.54, 1.807) is 18.3 Å². The Morgan fingerprint density at radius 2 is 1.65 bits per heavy atom. The van der Waals surface area contributed by atoms with Crippen LogP contribution >= 0.6 is 0 Å². The van der Waals surface area contributed by atoms with Crippen LogP contribution in [-0.2, 0) is 6.18 Å². The number of alkyl halides is 3. The summed E-state index contributed by atoms with van der Waals surface area (Å²) in [6.45, 7) is 0. The van der Waals surface area contributed by atoms with E-state index in [9.17, 15) is 13.2 Å². The summed E-state index contributed by atoms with van der Waals surface area (Å²) in [5.41, 5.74) is 6.50. The van der Waals surface area contributed by atoms with Gasteiger partial charge in [0.1, 0.15) is 0 Å². The molecule has 0 bridgehead atoms. The van der Waals surface area contributed by atoms with Crippen molar-refractivity contribution in [2.75, 3.05) is 5.73 Å². The van der Waals surface area contributed by atoms with Gasteiger partial charge in [0.15, 0.2) is 0 Å². The van der Waals surface area contributed by atoms with Gasteiger partial charge in [0.25, 0.3) is 0 Å². The van der Waals surface area contributed by atoms with E-state index < -0.39 is 11.7 Å². The highest BCUT2D eigenvalue weighted by Crippen LogP contribution is 2.31. The first-order valence-electron chi connectivity index (χ1n) is 4.86. The summed E-state index contributed by atoms with van der Waals surface area (Å²) in [7, 11) is 0. The zero-order chi connectivity index (χ0) is 12.5. The SMILES string of the molecule is Nc1cccnc1-c1ccc(C(F)(F)F)cc1. The molecular weight excluding hydrogens is 229 g/mol. The van der Waals surface area contributed by atoms with Gasteiger partial charge in [-0.15, -0.1) is 0 Å². The molecule has 2 aromatic rings. The molecule has 1 aromatic heterocycles. The van der Waals surface area contributed by atoms with E-state index in [0.717, 1.165) is 12.1 Å². The molecule has 0 aliphatic heterocycles. The predicted molar refractivity (Wildman–Crippen MR) is 59.1 cm³/mol. The minimum Gasteiger partial charge on any atom is -0.397 e. The molecule has 5 heteroatoms. The van der Waals surface area contributed by atoms with Crippen LogP contribution in [0.5, 0.6) is 0 Å². The summed E-state index contributed by atoms with van der Waals surface area (Å²) in [6, 6.07) is 8.08. The van der Waals surface area contributed by atoms with E-state index in [0.29, 0.717) is 16.9 Å². The van der Waals surface area contributed by atoms with Gasteiger partial charge in [-0.2, -0.15) is 13.2 Å². The number of hydrogen-bond donors (Lipinski definition) is 1. The Morgan fingerprint density at radius 1 is 1.00 bits per heavy atom. The highest BCUT2D eigenvalue weighted by atomic mass is 19.4. The normalized spacial score (nSPS) is 11.5. The van der Waals surface area contributed by atoms with Gasteiger partial charge in [0.05, 0.1) is 16.9 Å². The van der Waals surface area contributed by atoms with E-state index in [1.165, 1.54) is 12.1 Å². The zero-order valence-electron chi connectivity index (χ0n) is 8.70. The van der Waals surface area contributed by atoms with Crippen molar-refractivity contribution in [1.82, 2.24) is 4.98 Å². The van der Waals surface area contributed by atoms with Gasteiger partial charge in [-0.25, -0.2) is 0 Å². The minimum absolute atomic E-state index is 0.437.